The van der Waals surface area contributed by atoms with E-state index < -0.39 is 0 Å². The van der Waals surface area contributed by atoms with Crippen LogP contribution < -0.4 is 5.32 Å². The van der Waals surface area contributed by atoms with Crippen LogP contribution in [0.2, 0.25) is 0 Å². The summed E-state index contributed by atoms with van der Waals surface area (Å²) >= 11 is 1.45. The summed E-state index contributed by atoms with van der Waals surface area (Å²) in [5.41, 5.74) is 2.98. The van der Waals surface area contributed by atoms with Crippen LogP contribution in [0.1, 0.15) is 47.2 Å². The van der Waals surface area contributed by atoms with Gasteiger partial charge in [-0.05, 0) is 41.8 Å². The first-order valence-corrected chi connectivity index (χ1v) is 9.50. The van der Waals surface area contributed by atoms with E-state index in [2.05, 4.69) is 29.1 Å². The molecule has 1 amide bonds. The largest absolute Gasteiger partial charge is 0.344 e. The minimum atomic E-state index is -0.0775. The number of thiophene rings is 1. The highest BCUT2D eigenvalue weighted by Crippen LogP contribution is 2.40. The highest BCUT2D eigenvalue weighted by molar-refractivity contribution is 7.12. The van der Waals surface area contributed by atoms with E-state index in [1.807, 2.05) is 35.8 Å². The quantitative estimate of drug-likeness (QED) is 0.761. The lowest BCUT2D eigenvalue weighted by Crippen LogP contribution is -2.37. The van der Waals surface area contributed by atoms with Crippen molar-refractivity contribution in [3.8, 4) is 11.4 Å². The molecule has 0 saturated carbocycles. The van der Waals surface area contributed by atoms with E-state index in [1.165, 1.54) is 11.3 Å². The first kappa shape index (κ1) is 16.8. The Hall–Kier alpha value is -2.60. The van der Waals surface area contributed by atoms with Crippen molar-refractivity contribution in [1.29, 1.82) is 0 Å². The Morgan fingerprint density at radius 3 is 2.88 bits per heavy atom. The predicted octanol–water partition coefficient (Wildman–Crippen LogP) is 4.04. The number of rotatable bonds is 3. The lowest BCUT2D eigenvalue weighted by molar-refractivity contribution is 0.0923. The van der Waals surface area contributed by atoms with E-state index in [0.717, 1.165) is 34.5 Å². The molecule has 0 aliphatic heterocycles. The van der Waals surface area contributed by atoms with E-state index in [9.17, 15) is 4.79 Å². The fourth-order valence-electron chi connectivity index (χ4n) is 3.45. The third-order valence-corrected chi connectivity index (χ3v) is 5.52. The van der Waals surface area contributed by atoms with Gasteiger partial charge in [0.25, 0.3) is 5.91 Å². The van der Waals surface area contributed by atoms with E-state index in [1.54, 1.807) is 12.4 Å². The molecule has 0 fully saturated rings. The van der Waals surface area contributed by atoms with Crippen LogP contribution in [0.4, 0.5) is 0 Å². The van der Waals surface area contributed by atoms with Crippen LogP contribution in [0.3, 0.4) is 0 Å². The molecular formula is C20H20N4OS. The number of nitrogens with zero attached hydrogens (tertiary/aromatic N) is 3. The van der Waals surface area contributed by atoms with Gasteiger partial charge in [-0.2, -0.15) is 0 Å². The van der Waals surface area contributed by atoms with Crippen molar-refractivity contribution < 1.29 is 4.79 Å². The Bertz CT molecular complexity index is 922. The van der Waals surface area contributed by atoms with E-state index >= 15 is 0 Å². The van der Waals surface area contributed by atoms with Crippen LogP contribution >= 0.6 is 11.3 Å². The maximum absolute atomic E-state index is 12.5. The topological polar surface area (TPSA) is 67.8 Å². The van der Waals surface area contributed by atoms with Crippen molar-refractivity contribution in [2.24, 2.45) is 5.41 Å². The number of carbonyl (C=O) groups excluding carboxylic acids is 1. The molecule has 3 aromatic rings. The molecule has 3 aromatic heterocycles. The summed E-state index contributed by atoms with van der Waals surface area (Å²) in [7, 11) is 0. The zero-order valence-corrected chi connectivity index (χ0v) is 15.6. The molecule has 132 valence electrons. The van der Waals surface area contributed by atoms with Crippen LogP contribution in [0, 0.1) is 5.41 Å². The van der Waals surface area contributed by atoms with Crippen LogP contribution in [-0.2, 0) is 6.42 Å². The van der Waals surface area contributed by atoms with Gasteiger partial charge in [0.05, 0.1) is 16.6 Å². The third-order valence-electron chi connectivity index (χ3n) is 4.65. The molecule has 0 radical (unpaired) electrons. The smallest absolute Gasteiger partial charge is 0.261 e. The number of carbonyl (C=O) groups is 1. The Balaban J connectivity index is 1.67. The third kappa shape index (κ3) is 3.37. The molecule has 6 heteroatoms. The maximum Gasteiger partial charge on any atom is 0.261 e. The predicted molar refractivity (Wildman–Crippen MR) is 102 cm³/mol. The second kappa shape index (κ2) is 6.61. The molecule has 0 bridgehead atoms. The standard InChI is InChI=1S/C20H20N4OS/c1-20(2)9-15-14(12-22-18(23-15)13-5-3-7-21-11-13)16(10-20)24-19(25)17-6-4-8-26-17/h3-8,11-12,16H,9-10H2,1-2H3,(H,24,25)/t16-/m1/s1. The monoisotopic (exact) mass is 364 g/mol. The molecule has 4 rings (SSSR count). The molecule has 5 nitrogen and oxygen atoms in total. The van der Waals surface area contributed by atoms with Gasteiger partial charge < -0.3 is 5.32 Å². The molecule has 1 aliphatic carbocycles. The summed E-state index contributed by atoms with van der Waals surface area (Å²) in [5, 5.41) is 5.09. The Labute approximate surface area is 156 Å². The second-order valence-electron chi connectivity index (χ2n) is 7.39. The van der Waals surface area contributed by atoms with Gasteiger partial charge in [-0.3, -0.25) is 9.78 Å². The van der Waals surface area contributed by atoms with Gasteiger partial charge >= 0.3 is 0 Å². The Kier molecular flexibility index (Phi) is 4.28. The Morgan fingerprint density at radius 1 is 1.27 bits per heavy atom. The molecule has 3 heterocycles. The molecule has 1 aliphatic rings. The molecule has 1 N–H and O–H groups in total. The van der Waals surface area contributed by atoms with Gasteiger partial charge in [0, 0.05) is 29.7 Å². The van der Waals surface area contributed by atoms with Crippen molar-refractivity contribution in [2.75, 3.05) is 0 Å². The van der Waals surface area contributed by atoms with Gasteiger partial charge in [0.2, 0.25) is 0 Å². The first-order valence-electron chi connectivity index (χ1n) is 8.62. The maximum atomic E-state index is 12.5. The zero-order chi connectivity index (χ0) is 18.1. The van der Waals surface area contributed by atoms with Crippen molar-refractivity contribution in [3.63, 3.8) is 0 Å². The molecule has 26 heavy (non-hydrogen) atoms. The van der Waals surface area contributed by atoms with Crippen molar-refractivity contribution in [2.45, 2.75) is 32.7 Å². The van der Waals surface area contributed by atoms with Crippen LogP contribution in [0.5, 0.6) is 0 Å². The number of amides is 1. The number of nitrogens with one attached hydrogen (secondary N) is 1. The number of aromatic nitrogens is 3. The van der Waals surface area contributed by atoms with Crippen LogP contribution in [0.25, 0.3) is 11.4 Å². The lowest BCUT2D eigenvalue weighted by Gasteiger charge is -2.36. The molecule has 0 spiro atoms. The molecule has 1 atom stereocenters. The minimum Gasteiger partial charge on any atom is -0.344 e. The fraction of sp³-hybridized carbons (Fsp3) is 0.300. The van der Waals surface area contributed by atoms with Gasteiger partial charge in [0.1, 0.15) is 0 Å². The highest BCUT2D eigenvalue weighted by atomic mass is 32.1. The number of pyridine rings is 1. The van der Waals surface area contributed by atoms with Crippen LogP contribution in [0.15, 0.2) is 48.2 Å². The summed E-state index contributed by atoms with van der Waals surface area (Å²) in [5.74, 6) is 0.642. The van der Waals surface area contributed by atoms with Gasteiger partial charge in [0.15, 0.2) is 5.82 Å². The molecular weight excluding hydrogens is 344 g/mol. The van der Waals surface area contributed by atoms with Crippen LogP contribution in [-0.4, -0.2) is 20.9 Å². The van der Waals surface area contributed by atoms with E-state index in [4.69, 9.17) is 4.98 Å². The summed E-state index contributed by atoms with van der Waals surface area (Å²) in [6, 6.07) is 7.50. The van der Waals surface area contributed by atoms with Gasteiger partial charge in [-0.15, -0.1) is 11.3 Å². The summed E-state index contributed by atoms with van der Waals surface area (Å²) in [4.78, 5) is 26.7. The molecule has 0 aromatic carbocycles. The number of hydrogen-bond acceptors (Lipinski definition) is 5. The first-order chi connectivity index (χ1) is 12.5. The van der Waals surface area contributed by atoms with Gasteiger partial charge in [-0.25, -0.2) is 9.97 Å². The summed E-state index contributed by atoms with van der Waals surface area (Å²) in [6.45, 7) is 4.43. The Morgan fingerprint density at radius 2 is 2.15 bits per heavy atom. The lowest BCUT2D eigenvalue weighted by atomic mass is 9.74. The molecule has 0 unspecified atom stereocenters. The average molecular weight is 364 g/mol. The minimum absolute atomic E-state index is 0.0371. The van der Waals surface area contributed by atoms with E-state index in [0.29, 0.717) is 5.82 Å². The zero-order valence-electron chi connectivity index (χ0n) is 14.8. The SMILES string of the molecule is CC1(C)Cc2nc(-c3cccnc3)ncc2[C@H](NC(=O)c2cccs2)C1. The normalized spacial score (nSPS) is 18.2. The number of fused-ring (bicyclic) bond motifs is 1. The van der Waals surface area contributed by atoms with E-state index in [-0.39, 0.29) is 17.4 Å². The van der Waals surface area contributed by atoms with Crippen molar-refractivity contribution in [1.82, 2.24) is 20.3 Å². The highest BCUT2D eigenvalue weighted by Gasteiger charge is 2.34. The van der Waals surface area contributed by atoms with Crippen molar-refractivity contribution >= 4 is 17.2 Å². The fourth-order valence-corrected chi connectivity index (χ4v) is 4.07. The summed E-state index contributed by atoms with van der Waals surface area (Å²) < 4.78 is 0. The number of hydrogen-bond donors (Lipinski definition) is 1. The molecule has 0 saturated heterocycles. The second-order valence-corrected chi connectivity index (χ2v) is 8.33. The average Bonchev–Trinajstić information content (AvgIpc) is 3.16. The van der Waals surface area contributed by atoms with Crippen molar-refractivity contribution in [3.05, 3.63) is 64.4 Å². The summed E-state index contributed by atoms with van der Waals surface area (Å²) in [6.07, 6.45) is 7.10. The van der Waals surface area contributed by atoms with Gasteiger partial charge in [-0.1, -0.05) is 19.9 Å².